The Balaban J connectivity index is 1.53. The number of carbonyl (C=O) groups is 1. The minimum atomic E-state index is -0.271. The van der Waals surface area contributed by atoms with E-state index in [-0.39, 0.29) is 5.91 Å². The predicted molar refractivity (Wildman–Crippen MR) is 124 cm³/mol. The molecule has 0 aliphatic heterocycles. The first-order chi connectivity index (χ1) is 14.9. The number of benzene rings is 3. The lowest BCUT2D eigenvalue weighted by Crippen LogP contribution is -2.13. The molecule has 154 valence electrons. The quantitative estimate of drug-likeness (QED) is 0.383. The van der Waals surface area contributed by atoms with Gasteiger partial charge in [0.2, 0.25) is 0 Å². The molecular weight excluding hydrogens is 386 g/mol. The normalized spacial score (nSPS) is 11.4. The molecule has 0 aliphatic rings. The third-order valence-electron chi connectivity index (χ3n) is 5.84. The maximum absolute atomic E-state index is 13.2. The average molecular weight is 409 g/mol. The topological polar surface area (TPSA) is 60.1 Å². The van der Waals surface area contributed by atoms with E-state index in [0.717, 1.165) is 44.4 Å². The molecule has 0 spiro atoms. The molecule has 0 aliphatic carbocycles. The van der Waals surface area contributed by atoms with Gasteiger partial charge >= 0.3 is 0 Å². The van der Waals surface area contributed by atoms with Gasteiger partial charge in [0.25, 0.3) is 5.91 Å². The summed E-state index contributed by atoms with van der Waals surface area (Å²) in [4.78, 5) is 13.2. The molecular formula is C26H23N3O2. The number of carbonyl (C=O) groups excluding carboxylic acids is 1. The van der Waals surface area contributed by atoms with Gasteiger partial charge < -0.3 is 9.73 Å². The lowest BCUT2D eigenvalue weighted by atomic mass is 10.1. The van der Waals surface area contributed by atoms with Crippen molar-refractivity contribution in [1.29, 1.82) is 0 Å². The zero-order valence-electron chi connectivity index (χ0n) is 18.0. The van der Waals surface area contributed by atoms with Gasteiger partial charge in [-0.15, -0.1) is 0 Å². The fraction of sp³-hybridized carbons (Fsp3) is 0.154. The predicted octanol–water partition coefficient (Wildman–Crippen LogP) is 6.26. The Kier molecular flexibility index (Phi) is 4.40. The van der Waals surface area contributed by atoms with Crippen molar-refractivity contribution in [3.8, 4) is 5.69 Å². The molecule has 1 N–H and O–H groups in total. The van der Waals surface area contributed by atoms with E-state index < -0.39 is 0 Å². The summed E-state index contributed by atoms with van der Waals surface area (Å²) in [5.41, 5.74) is 6.05. The second kappa shape index (κ2) is 7.13. The molecule has 0 atom stereocenters. The first-order valence-electron chi connectivity index (χ1n) is 10.3. The van der Waals surface area contributed by atoms with Gasteiger partial charge in [-0.25, -0.2) is 4.68 Å². The lowest BCUT2D eigenvalue weighted by molar-refractivity contribution is 0.0998. The van der Waals surface area contributed by atoms with E-state index in [0.29, 0.717) is 11.4 Å². The van der Waals surface area contributed by atoms with Crippen molar-refractivity contribution < 1.29 is 9.21 Å². The van der Waals surface area contributed by atoms with Crippen LogP contribution in [-0.4, -0.2) is 15.7 Å². The van der Waals surface area contributed by atoms with Crippen molar-refractivity contribution in [2.45, 2.75) is 27.7 Å². The zero-order chi connectivity index (χ0) is 21.7. The Morgan fingerprint density at radius 2 is 1.65 bits per heavy atom. The fourth-order valence-corrected chi connectivity index (χ4v) is 4.10. The molecule has 0 radical (unpaired) electrons. The van der Waals surface area contributed by atoms with Crippen LogP contribution in [0.25, 0.3) is 27.4 Å². The summed E-state index contributed by atoms with van der Waals surface area (Å²) in [6.45, 7) is 7.82. The zero-order valence-corrected chi connectivity index (χ0v) is 18.0. The van der Waals surface area contributed by atoms with Crippen LogP contribution < -0.4 is 5.32 Å². The molecule has 2 heterocycles. The second-order valence-electron chi connectivity index (χ2n) is 7.97. The molecule has 0 unspecified atom stereocenters. The summed E-state index contributed by atoms with van der Waals surface area (Å²) in [6.07, 6.45) is 0. The molecule has 3 aromatic carbocycles. The first kappa shape index (κ1) is 19.1. The third kappa shape index (κ3) is 3.10. The van der Waals surface area contributed by atoms with Gasteiger partial charge in [-0.05, 0) is 45.2 Å². The number of anilines is 1. The average Bonchev–Trinajstić information content (AvgIpc) is 3.26. The molecule has 5 aromatic rings. The lowest BCUT2D eigenvalue weighted by Gasteiger charge is -2.07. The highest BCUT2D eigenvalue weighted by Gasteiger charge is 2.22. The number of furan rings is 1. The molecule has 0 fully saturated rings. The number of amides is 1. The van der Waals surface area contributed by atoms with Crippen LogP contribution in [-0.2, 0) is 0 Å². The fourth-order valence-electron chi connectivity index (χ4n) is 4.10. The van der Waals surface area contributed by atoms with Crippen molar-refractivity contribution in [1.82, 2.24) is 9.78 Å². The van der Waals surface area contributed by atoms with Crippen molar-refractivity contribution >= 4 is 33.3 Å². The van der Waals surface area contributed by atoms with E-state index in [1.807, 2.05) is 80.1 Å². The summed E-state index contributed by atoms with van der Waals surface area (Å²) in [5, 5.41) is 10.7. The van der Waals surface area contributed by atoms with Crippen LogP contribution in [0.4, 0.5) is 5.69 Å². The summed E-state index contributed by atoms with van der Waals surface area (Å²) < 4.78 is 7.94. The first-order valence-corrected chi connectivity index (χ1v) is 10.3. The van der Waals surface area contributed by atoms with Crippen LogP contribution in [0, 0.1) is 27.7 Å². The number of nitrogens with zero attached hydrogens (tertiary/aromatic N) is 2. The van der Waals surface area contributed by atoms with Gasteiger partial charge in [0.1, 0.15) is 5.58 Å². The van der Waals surface area contributed by atoms with E-state index in [9.17, 15) is 4.79 Å². The van der Waals surface area contributed by atoms with Crippen LogP contribution in [0.1, 0.15) is 33.1 Å². The van der Waals surface area contributed by atoms with E-state index >= 15 is 0 Å². The maximum atomic E-state index is 13.2. The SMILES string of the molecule is Cc1ccc(-n2nc(C)c(NC(=O)c3oc4c(ccc5ccccc54)c3C)c2C)cc1. The Labute approximate surface area is 180 Å². The Hall–Kier alpha value is -3.86. The number of fused-ring (bicyclic) bond motifs is 3. The van der Waals surface area contributed by atoms with Gasteiger partial charge in [0.05, 0.1) is 22.8 Å². The van der Waals surface area contributed by atoms with E-state index in [2.05, 4.69) is 23.4 Å². The Morgan fingerprint density at radius 1 is 0.903 bits per heavy atom. The van der Waals surface area contributed by atoms with Crippen LogP contribution in [0.3, 0.4) is 0 Å². The van der Waals surface area contributed by atoms with Gasteiger partial charge in [-0.2, -0.15) is 5.10 Å². The van der Waals surface area contributed by atoms with Crippen molar-refractivity contribution in [2.75, 3.05) is 5.32 Å². The van der Waals surface area contributed by atoms with Crippen molar-refractivity contribution in [3.63, 3.8) is 0 Å². The van der Waals surface area contributed by atoms with Gasteiger partial charge in [0, 0.05) is 16.3 Å². The van der Waals surface area contributed by atoms with Crippen LogP contribution >= 0.6 is 0 Å². The van der Waals surface area contributed by atoms with Crippen LogP contribution in [0.2, 0.25) is 0 Å². The number of nitrogens with one attached hydrogen (secondary N) is 1. The molecule has 0 saturated carbocycles. The summed E-state index contributed by atoms with van der Waals surface area (Å²) in [5.74, 6) is 0.0562. The van der Waals surface area contributed by atoms with Crippen LogP contribution in [0.15, 0.2) is 65.1 Å². The molecule has 0 saturated heterocycles. The van der Waals surface area contributed by atoms with Gasteiger partial charge in [-0.3, -0.25) is 4.79 Å². The van der Waals surface area contributed by atoms with E-state index in [1.54, 1.807) is 0 Å². The Morgan fingerprint density at radius 3 is 2.42 bits per heavy atom. The molecule has 0 bridgehead atoms. The highest BCUT2D eigenvalue weighted by atomic mass is 16.3. The number of rotatable bonds is 3. The number of hydrogen-bond donors (Lipinski definition) is 1. The van der Waals surface area contributed by atoms with Gasteiger partial charge in [0.15, 0.2) is 5.76 Å². The number of aryl methyl sites for hydroxylation is 3. The minimum absolute atomic E-state index is 0.271. The largest absolute Gasteiger partial charge is 0.450 e. The monoisotopic (exact) mass is 409 g/mol. The van der Waals surface area contributed by atoms with E-state index in [4.69, 9.17) is 4.42 Å². The highest BCUT2D eigenvalue weighted by molar-refractivity contribution is 6.11. The van der Waals surface area contributed by atoms with Crippen molar-refractivity contribution in [3.05, 3.63) is 88.9 Å². The minimum Gasteiger partial charge on any atom is -0.450 e. The third-order valence-corrected chi connectivity index (χ3v) is 5.84. The van der Waals surface area contributed by atoms with E-state index in [1.165, 1.54) is 5.56 Å². The molecule has 5 rings (SSSR count). The number of aromatic nitrogens is 2. The van der Waals surface area contributed by atoms with Crippen molar-refractivity contribution in [2.24, 2.45) is 0 Å². The summed E-state index contributed by atoms with van der Waals surface area (Å²) >= 11 is 0. The second-order valence-corrected chi connectivity index (χ2v) is 7.97. The van der Waals surface area contributed by atoms with Crippen LogP contribution in [0.5, 0.6) is 0 Å². The molecule has 5 heteroatoms. The van der Waals surface area contributed by atoms with Gasteiger partial charge in [-0.1, -0.05) is 54.1 Å². The highest BCUT2D eigenvalue weighted by Crippen LogP contribution is 2.32. The Bertz CT molecular complexity index is 1460. The maximum Gasteiger partial charge on any atom is 0.291 e. The number of hydrogen-bond acceptors (Lipinski definition) is 3. The summed E-state index contributed by atoms with van der Waals surface area (Å²) in [7, 11) is 0. The summed E-state index contributed by atoms with van der Waals surface area (Å²) in [6, 6.07) is 20.2. The standard InChI is InChI=1S/C26H23N3O2/c1-15-9-12-20(13-10-15)29-18(4)23(17(3)28-29)27-26(30)24-16(2)21-14-11-19-7-5-6-8-22(19)25(21)31-24/h5-14H,1-4H3,(H,27,30). The molecule has 2 aromatic heterocycles. The molecule has 5 nitrogen and oxygen atoms in total. The smallest absolute Gasteiger partial charge is 0.291 e. The molecule has 1 amide bonds. The molecule has 31 heavy (non-hydrogen) atoms.